The molecule has 0 saturated carbocycles. The number of fused-ring (bicyclic) bond motifs is 1. The van der Waals surface area contributed by atoms with Crippen LogP contribution in [-0.2, 0) is 11.3 Å². The molecule has 0 fully saturated rings. The Bertz CT molecular complexity index is 860. The minimum Gasteiger partial charge on any atom is -0.444 e. The zero-order valence-electron chi connectivity index (χ0n) is 11.9. The van der Waals surface area contributed by atoms with E-state index in [4.69, 9.17) is 4.74 Å². The molecule has 23 heavy (non-hydrogen) atoms. The van der Waals surface area contributed by atoms with Crippen molar-refractivity contribution in [3.63, 3.8) is 0 Å². The Hall–Kier alpha value is -3.42. The fourth-order valence-electron chi connectivity index (χ4n) is 2.07. The molecule has 116 valence electrons. The fourth-order valence-corrected chi connectivity index (χ4v) is 2.07. The van der Waals surface area contributed by atoms with E-state index in [0.717, 1.165) is 5.56 Å². The number of non-ortho nitro benzene ring substituents is 1. The topological polar surface area (TPSA) is 110 Å². The first-order valence-corrected chi connectivity index (χ1v) is 6.74. The van der Waals surface area contributed by atoms with Gasteiger partial charge in [-0.2, -0.15) is 5.10 Å². The lowest BCUT2D eigenvalue weighted by Gasteiger charge is -2.05. The predicted octanol–water partition coefficient (Wildman–Crippen LogP) is 3.22. The highest BCUT2D eigenvalue weighted by atomic mass is 16.6. The molecular formula is C15H12N4O4. The van der Waals surface area contributed by atoms with Crippen molar-refractivity contribution in [2.45, 2.75) is 6.61 Å². The van der Waals surface area contributed by atoms with Crippen molar-refractivity contribution in [2.24, 2.45) is 0 Å². The smallest absolute Gasteiger partial charge is 0.413 e. The molecule has 0 aliphatic heterocycles. The summed E-state index contributed by atoms with van der Waals surface area (Å²) in [6.07, 6.45) is -0.686. The lowest BCUT2D eigenvalue weighted by molar-refractivity contribution is -0.384. The summed E-state index contributed by atoms with van der Waals surface area (Å²) in [6, 6.07) is 13.5. The van der Waals surface area contributed by atoms with E-state index in [0.29, 0.717) is 10.9 Å². The minimum absolute atomic E-state index is 0.0837. The van der Waals surface area contributed by atoms with Crippen molar-refractivity contribution >= 4 is 28.5 Å². The number of nitrogens with zero attached hydrogens (tertiary/aromatic N) is 2. The molecule has 1 amide bonds. The van der Waals surface area contributed by atoms with Crippen molar-refractivity contribution < 1.29 is 14.5 Å². The summed E-state index contributed by atoms with van der Waals surface area (Å²) in [5.74, 6) is 0.182. The number of nitro benzene ring substituents is 1. The van der Waals surface area contributed by atoms with Crippen LogP contribution < -0.4 is 5.32 Å². The number of anilines is 1. The normalized spacial score (nSPS) is 10.4. The standard InChI is InChI=1S/C15H12N4O4/c20-15(23-9-10-4-2-1-3-5-10)16-14-12-8-11(19(21)22)6-7-13(12)17-18-14/h1-8H,9H2,(H2,16,17,18,20). The van der Waals surface area contributed by atoms with Gasteiger partial charge in [0, 0.05) is 12.1 Å². The Morgan fingerprint density at radius 2 is 2.04 bits per heavy atom. The molecule has 2 N–H and O–H groups in total. The maximum Gasteiger partial charge on any atom is 0.413 e. The number of aromatic amines is 1. The summed E-state index contributed by atoms with van der Waals surface area (Å²) in [4.78, 5) is 22.1. The fraction of sp³-hybridized carbons (Fsp3) is 0.0667. The monoisotopic (exact) mass is 312 g/mol. The number of H-pyrrole nitrogens is 1. The van der Waals surface area contributed by atoms with E-state index in [-0.39, 0.29) is 18.1 Å². The van der Waals surface area contributed by atoms with Gasteiger partial charge in [-0.1, -0.05) is 30.3 Å². The summed E-state index contributed by atoms with van der Waals surface area (Å²) >= 11 is 0. The highest BCUT2D eigenvalue weighted by molar-refractivity contribution is 5.98. The summed E-state index contributed by atoms with van der Waals surface area (Å²) in [7, 11) is 0. The molecule has 0 bridgehead atoms. The Balaban J connectivity index is 1.72. The second-order valence-corrected chi connectivity index (χ2v) is 4.75. The zero-order chi connectivity index (χ0) is 16.2. The van der Waals surface area contributed by atoms with E-state index in [1.54, 1.807) is 0 Å². The van der Waals surface area contributed by atoms with Crippen molar-refractivity contribution in [1.82, 2.24) is 10.2 Å². The molecule has 1 aromatic heterocycles. The zero-order valence-corrected chi connectivity index (χ0v) is 11.9. The maximum atomic E-state index is 11.8. The summed E-state index contributed by atoms with van der Waals surface area (Å²) < 4.78 is 5.09. The average Bonchev–Trinajstić information content (AvgIpc) is 2.96. The predicted molar refractivity (Wildman–Crippen MR) is 83.0 cm³/mol. The SMILES string of the molecule is O=C(Nc1n[nH]c2ccc([N+](=O)[O-])cc12)OCc1ccccc1. The van der Waals surface area contributed by atoms with Gasteiger partial charge in [-0.25, -0.2) is 4.79 Å². The quantitative estimate of drug-likeness (QED) is 0.567. The molecule has 3 rings (SSSR count). The van der Waals surface area contributed by atoms with Crippen LogP contribution in [0.2, 0.25) is 0 Å². The Morgan fingerprint density at radius 3 is 2.78 bits per heavy atom. The lowest BCUT2D eigenvalue weighted by atomic mass is 10.2. The lowest BCUT2D eigenvalue weighted by Crippen LogP contribution is -2.14. The van der Waals surface area contributed by atoms with E-state index < -0.39 is 11.0 Å². The van der Waals surface area contributed by atoms with Crippen molar-refractivity contribution in [1.29, 1.82) is 0 Å². The van der Waals surface area contributed by atoms with Crippen LogP contribution in [0.15, 0.2) is 48.5 Å². The van der Waals surface area contributed by atoms with Crippen LogP contribution in [0, 0.1) is 10.1 Å². The van der Waals surface area contributed by atoms with Gasteiger partial charge in [0.25, 0.3) is 5.69 Å². The molecule has 3 aromatic rings. The van der Waals surface area contributed by atoms with Gasteiger partial charge in [-0.05, 0) is 11.6 Å². The van der Waals surface area contributed by atoms with Gasteiger partial charge < -0.3 is 4.74 Å². The largest absolute Gasteiger partial charge is 0.444 e. The minimum atomic E-state index is -0.686. The number of ether oxygens (including phenoxy) is 1. The van der Waals surface area contributed by atoms with E-state index in [2.05, 4.69) is 15.5 Å². The summed E-state index contributed by atoms with van der Waals surface area (Å²) in [6.45, 7) is 0.120. The number of nitrogens with one attached hydrogen (secondary N) is 2. The molecule has 0 saturated heterocycles. The average molecular weight is 312 g/mol. The third-order valence-electron chi connectivity index (χ3n) is 3.19. The Labute approximate surface area is 130 Å². The van der Waals surface area contributed by atoms with Crippen LogP contribution in [0.4, 0.5) is 16.3 Å². The maximum absolute atomic E-state index is 11.8. The van der Waals surface area contributed by atoms with Gasteiger partial charge in [0.2, 0.25) is 0 Å². The van der Waals surface area contributed by atoms with Gasteiger partial charge in [-0.3, -0.25) is 20.5 Å². The molecule has 0 aliphatic carbocycles. The Morgan fingerprint density at radius 1 is 1.26 bits per heavy atom. The number of aromatic nitrogens is 2. The van der Waals surface area contributed by atoms with Gasteiger partial charge in [0.1, 0.15) is 6.61 Å². The van der Waals surface area contributed by atoms with Gasteiger partial charge in [-0.15, -0.1) is 0 Å². The first-order chi connectivity index (χ1) is 11.1. The van der Waals surface area contributed by atoms with Crippen LogP contribution in [0.3, 0.4) is 0 Å². The van der Waals surface area contributed by atoms with E-state index >= 15 is 0 Å². The van der Waals surface area contributed by atoms with Gasteiger partial charge in [0.15, 0.2) is 5.82 Å². The van der Waals surface area contributed by atoms with Gasteiger partial charge >= 0.3 is 6.09 Å². The third kappa shape index (κ3) is 3.26. The molecule has 0 unspecified atom stereocenters. The molecule has 1 heterocycles. The highest BCUT2D eigenvalue weighted by Gasteiger charge is 2.14. The number of carbonyl (C=O) groups is 1. The van der Waals surface area contributed by atoms with Crippen LogP contribution in [0.1, 0.15) is 5.56 Å². The summed E-state index contributed by atoms with van der Waals surface area (Å²) in [5, 5.41) is 20.4. The number of rotatable bonds is 4. The van der Waals surface area contributed by atoms with E-state index in [9.17, 15) is 14.9 Å². The van der Waals surface area contributed by atoms with Crippen LogP contribution in [-0.4, -0.2) is 21.2 Å². The third-order valence-corrected chi connectivity index (χ3v) is 3.19. The number of nitro groups is 1. The first kappa shape index (κ1) is 14.5. The highest BCUT2D eigenvalue weighted by Crippen LogP contribution is 2.25. The number of hydrogen-bond acceptors (Lipinski definition) is 5. The number of amides is 1. The van der Waals surface area contributed by atoms with Crippen LogP contribution >= 0.6 is 0 Å². The molecule has 0 atom stereocenters. The molecule has 0 radical (unpaired) electrons. The second kappa shape index (κ2) is 6.14. The number of benzene rings is 2. The molecule has 8 nitrogen and oxygen atoms in total. The van der Waals surface area contributed by atoms with Crippen molar-refractivity contribution in [3.8, 4) is 0 Å². The van der Waals surface area contributed by atoms with E-state index in [1.165, 1.54) is 18.2 Å². The first-order valence-electron chi connectivity index (χ1n) is 6.74. The van der Waals surface area contributed by atoms with Crippen LogP contribution in [0.5, 0.6) is 0 Å². The van der Waals surface area contributed by atoms with Gasteiger partial charge in [0.05, 0.1) is 15.8 Å². The number of carbonyl (C=O) groups excluding carboxylic acids is 1. The van der Waals surface area contributed by atoms with Crippen LogP contribution in [0.25, 0.3) is 10.9 Å². The Kier molecular flexibility index (Phi) is 3.88. The number of hydrogen-bond donors (Lipinski definition) is 2. The second-order valence-electron chi connectivity index (χ2n) is 4.75. The summed E-state index contributed by atoms with van der Waals surface area (Å²) in [5.41, 5.74) is 1.35. The van der Waals surface area contributed by atoms with Crippen molar-refractivity contribution in [3.05, 3.63) is 64.2 Å². The molecule has 0 aliphatic rings. The van der Waals surface area contributed by atoms with Crippen molar-refractivity contribution in [2.75, 3.05) is 5.32 Å². The molecule has 8 heteroatoms. The molecular weight excluding hydrogens is 300 g/mol. The molecule has 2 aromatic carbocycles. The molecule has 0 spiro atoms. The van der Waals surface area contributed by atoms with E-state index in [1.807, 2.05) is 30.3 Å².